The molecule has 2 bridgehead atoms. The number of amides is 3. The van der Waals surface area contributed by atoms with Crippen molar-refractivity contribution in [3.05, 3.63) is 54.6 Å². The largest absolute Gasteiger partial charge is 0.395 e. The van der Waals surface area contributed by atoms with E-state index in [1.165, 1.54) is 4.90 Å². The van der Waals surface area contributed by atoms with E-state index in [0.29, 0.717) is 36.6 Å². The summed E-state index contributed by atoms with van der Waals surface area (Å²) in [5, 5.41) is 10.4. The van der Waals surface area contributed by atoms with Gasteiger partial charge in [-0.25, -0.2) is 0 Å². The van der Waals surface area contributed by atoms with Gasteiger partial charge in [-0.1, -0.05) is 30.7 Å². The molecule has 37 heavy (non-hydrogen) atoms. The van der Waals surface area contributed by atoms with E-state index in [9.17, 15) is 19.5 Å². The molecule has 1 spiro atoms. The zero-order chi connectivity index (χ0) is 27.0. The summed E-state index contributed by atoms with van der Waals surface area (Å²) in [6, 6.07) is 5.89. The highest BCUT2D eigenvalue weighted by Crippen LogP contribution is 2.63. The molecule has 0 saturated carbocycles. The normalized spacial score (nSPS) is 29.8. The maximum Gasteiger partial charge on any atom is 0.253 e. The van der Waals surface area contributed by atoms with Crippen molar-refractivity contribution >= 4 is 35.0 Å². The van der Waals surface area contributed by atoms with Crippen LogP contribution >= 0.6 is 11.6 Å². The van der Waals surface area contributed by atoms with Crippen molar-refractivity contribution in [2.45, 2.75) is 50.4 Å². The molecular formula is C28H36ClN3O5. The van der Waals surface area contributed by atoms with Crippen molar-refractivity contribution < 1.29 is 24.2 Å². The van der Waals surface area contributed by atoms with Gasteiger partial charge >= 0.3 is 0 Å². The maximum absolute atomic E-state index is 14.3. The number of hydrogen-bond acceptors (Lipinski definition) is 5. The average molecular weight is 530 g/mol. The summed E-state index contributed by atoms with van der Waals surface area (Å²) in [5.41, 5.74) is -1.41. The van der Waals surface area contributed by atoms with Crippen LogP contribution in [0.25, 0.3) is 0 Å². The van der Waals surface area contributed by atoms with Gasteiger partial charge in [0.15, 0.2) is 0 Å². The molecule has 0 aliphatic carbocycles. The van der Waals surface area contributed by atoms with E-state index in [1.807, 2.05) is 13.8 Å². The summed E-state index contributed by atoms with van der Waals surface area (Å²) in [6.45, 7) is 12.3. The minimum atomic E-state index is -1.16. The number of hydrogen-bond donors (Lipinski definition) is 1. The van der Waals surface area contributed by atoms with Crippen LogP contribution in [0, 0.1) is 11.8 Å². The number of carbonyl (C=O) groups excluding carboxylic acids is 3. The number of aliphatic hydroxyl groups excluding tert-OH is 1. The molecule has 2 unspecified atom stereocenters. The van der Waals surface area contributed by atoms with E-state index in [0.717, 1.165) is 6.42 Å². The summed E-state index contributed by atoms with van der Waals surface area (Å²) < 4.78 is 6.66. The van der Waals surface area contributed by atoms with Gasteiger partial charge < -0.3 is 24.5 Å². The van der Waals surface area contributed by atoms with Crippen LogP contribution in [0.1, 0.15) is 33.1 Å². The Morgan fingerprint density at radius 3 is 2.46 bits per heavy atom. The lowest BCUT2D eigenvalue weighted by Gasteiger charge is -2.36. The van der Waals surface area contributed by atoms with E-state index < -0.39 is 29.1 Å². The minimum Gasteiger partial charge on any atom is -0.395 e. The Bertz CT molecular complexity index is 1080. The van der Waals surface area contributed by atoms with Gasteiger partial charge in [-0.2, -0.15) is 0 Å². The van der Waals surface area contributed by atoms with Crippen molar-refractivity contribution in [1.82, 2.24) is 9.80 Å². The molecule has 0 aromatic heterocycles. The number of anilines is 1. The highest BCUT2D eigenvalue weighted by molar-refractivity contribution is 6.30. The summed E-state index contributed by atoms with van der Waals surface area (Å²) in [4.78, 5) is 46.8. The zero-order valence-electron chi connectivity index (χ0n) is 21.6. The topological polar surface area (TPSA) is 90.4 Å². The fourth-order valence-corrected chi connectivity index (χ4v) is 6.69. The first kappa shape index (κ1) is 27.4. The quantitative estimate of drug-likeness (QED) is 0.445. The van der Waals surface area contributed by atoms with E-state index in [-0.39, 0.29) is 37.4 Å². The number of benzene rings is 1. The Hall–Kier alpha value is -2.68. The van der Waals surface area contributed by atoms with Gasteiger partial charge in [0, 0.05) is 36.9 Å². The van der Waals surface area contributed by atoms with Crippen molar-refractivity contribution in [3.63, 3.8) is 0 Å². The third-order valence-electron chi connectivity index (χ3n) is 7.99. The molecule has 3 aliphatic heterocycles. The summed E-state index contributed by atoms with van der Waals surface area (Å²) in [5.74, 6) is -2.33. The SMILES string of the molecule is C=CCN(CCC)C(=O)[C@H]1[C@H]2C(=O)N(CCO)C(C(=O)N(CC=C)c3ccc(Cl)cc3)C23CC[C@]1(C)O3. The predicted molar refractivity (Wildman–Crippen MR) is 142 cm³/mol. The lowest BCUT2D eigenvalue weighted by atomic mass is 9.66. The van der Waals surface area contributed by atoms with Gasteiger partial charge in [0.05, 0.1) is 24.0 Å². The smallest absolute Gasteiger partial charge is 0.253 e. The first-order chi connectivity index (χ1) is 17.7. The Labute approximate surface area is 223 Å². The highest BCUT2D eigenvalue weighted by atomic mass is 35.5. The number of halogens is 1. The molecule has 0 radical (unpaired) electrons. The second kappa shape index (κ2) is 10.6. The van der Waals surface area contributed by atoms with Crippen molar-refractivity contribution in [2.75, 3.05) is 37.7 Å². The molecule has 3 fully saturated rings. The molecule has 5 atom stereocenters. The molecule has 8 nitrogen and oxygen atoms in total. The van der Waals surface area contributed by atoms with Gasteiger partial charge in [-0.05, 0) is 50.5 Å². The molecule has 1 aromatic carbocycles. The molecule has 200 valence electrons. The fraction of sp³-hybridized carbons (Fsp3) is 0.536. The average Bonchev–Trinajstić information content (AvgIpc) is 3.43. The maximum atomic E-state index is 14.3. The van der Waals surface area contributed by atoms with Gasteiger partial charge in [0.1, 0.15) is 11.6 Å². The number of carbonyl (C=O) groups is 3. The van der Waals surface area contributed by atoms with Crippen molar-refractivity contribution in [1.29, 1.82) is 0 Å². The molecular weight excluding hydrogens is 494 g/mol. The second-order valence-electron chi connectivity index (χ2n) is 10.3. The number of rotatable bonds is 11. The van der Waals surface area contributed by atoms with Crippen LogP contribution in [0.2, 0.25) is 5.02 Å². The molecule has 3 saturated heterocycles. The molecule has 9 heteroatoms. The van der Waals surface area contributed by atoms with Gasteiger partial charge in [-0.3, -0.25) is 14.4 Å². The van der Waals surface area contributed by atoms with Gasteiger partial charge in [-0.15, -0.1) is 13.2 Å². The number of fused-ring (bicyclic) bond motifs is 1. The van der Waals surface area contributed by atoms with E-state index in [2.05, 4.69) is 13.2 Å². The number of nitrogens with zero attached hydrogens (tertiary/aromatic N) is 3. The first-order valence-corrected chi connectivity index (χ1v) is 13.3. The summed E-state index contributed by atoms with van der Waals surface area (Å²) in [7, 11) is 0. The zero-order valence-corrected chi connectivity index (χ0v) is 22.3. The Kier molecular flexibility index (Phi) is 7.83. The fourth-order valence-electron chi connectivity index (χ4n) is 6.56. The minimum absolute atomic E-state index is 0.0254. The number of likely N-dealkylation sites (tertiary alicyclic amines) is 1. The van der Waals surface area contributed by atoms with E-state index in [4.69, 9.17) is 16.3 Å². The molecule has 3 heterocycles. The van der Waals surface area contributed by atoms with Crippen LogP contribution in [0.5, 0.6) is 0 Å². The second-order valence-corrected chi connectivity index (χ2v) is 10.7. The van der Waals surface area contributed by atoms with Crippen LogP contribution < -0.4 is 4.90 Å². The standard InChI is InChI=1S/C28H36ClN3O5/c1-5-14-30(15-6-2)24(34)21-22-25(35)32(17-18-33)23(28(22)13-12-27(21,4)37-28)26(36)31(16-7-3)20-10-8-19(29)9-11-20/h5,7-11,21-23,33H,1,3,6,12-18H2,2,4H3/t21-,22+,23?,27+,28?/m1/s1. The predicted octanol–water partition coefficient (Wildman–Crippen LogP) is 3.04. The number of aliphatic hydroxyl groups is 1. The molecule has 1 N–H and O–H groups in total. The van der Waals surface area contributed by atoms with Crippen molar-refractivity contribution in [3.8, 4) is 0 Å². The molecule has 3 aliphatic rings. The van der Waals surface area contributed by atoms with Gasteiger partial charge in [0.25, 0.3) is 5.91 Å². The van der Waals surface area contributed by atoms with Crippen LogP contribution in [-0.4, -0.2) is 82.7 Å². The number of ether oxygens (including phenoxy) is 1. The van der Waals surface area contributed by atoms with Crippen LogP contribution in [0.4, 0.5) is 5.69 Å². The Morgan fingerprint density at radius 1 is 1.19 bits per heavy atom. The molecule has 3 amide bonds. The number of β-amino-alcohol motifs (C(OH)–C–C–N with tert-alkyl or cyclic N) is 1. The third kappa shape index (κ3) is 4.39. The van der Waals surface area contributed by atoms with Crippen LogP contribution in [0.15, 0.2) is 49.6 Å². The van der Waals surface area contributed by atoms with Crippen molar-refractivity contribution in [2.24, 2.45) is 11.8 Å². The Balaban J connectivity index is 1.78. The lowest BCUT2D eigenvalue weighted by molar-refractivity contribution is -0.149. The first-order valence-electron chi connectivity index (χ1n) is 12.9. The Morgan fingerprint density at radius 2 is 1.86 bits per heavy atom. The van der Waals surface area contributed by atoms with Crippen LogP contribution in [-0.2, 0) is 19.1 Å². The van der Waals surface area contributed by atoms with Gasteiger partial charge in [0.2, 0.25) is 11.8 Å². The lowest BCUT2D eigenvalue weighted by Crippen LogP contribution is -2.57. The summed E-state index contributed by atoms with van der Waals surface area (Å²) in [6.07, 6.45) is 5.09. The molecule has 4 rings (SSSR count). The molecule has 1 aromatic rings. The summed E-state index contributed by atoms with van der Waals surface area (Å²) >= 11 is 6.07. The van der Waals surface area contributed by atoms with E-state index in [1.54, 1.807) is 46.2 Å². The van der Waals surface area contributed by atoms with Crippen LogP contribution in [0.3, 0.4) is 0 Å². The highest BCUT2D eigenvalue weighted by Gasteiger charge is 2.78. The monoisotopic (exact) mass is 529 g/mol. The third-order valence-corrected chi connectivity index (χ3v) is 8.24. The van der Waals surface area contributed by atoms with E-state index >= 15 is 0 Å².